The maximum Gasteiger partial charge on any atom is 0.432 e. The molecular weight excluding hydrogens is 149 g/mol. The van der Waals surface area contributed by atoms with Gasteiger partial charge in [-0.3, -0.25) is 0 Å². The van der Waals surface area contributed by atoms with Gasteiger partial charge in [0.2, 0.25) is 0 Å². The van der Waals surface area contributed by atoms with Crippen LogP contribution in [0.25, 0.3) is 0 Å². The molecule has 3 N–H and O–H groups in total. The van der Waals surface area contributed by atoms with E-state index in [-0.39, 0.29) is 6.54 Å². The molecule has 1 heterocycles. The third-order valence-electron chi connectivity index (χ3n) is 0.964. The number of hydrazine groups is 2. The molecule has 0 spiro atoms. The molecule has 0 unspecified atom stereocenters. The molecule has 0 aliphatic carbocycles. The van der Waals surface area contributed by atoms with Crippen molar-refractivity contribution in [3.63, 3.8) is 0 Å². The van der Waals surface area contributed by atoms with Gasteiger partial charge in [-0.1, -0.05) is 0 Å². The Morgan fingerprint density at radius 2 is 2.20 bits per heavy atom. The summed E-state index contributed by atoms with van der Waals surface area (Å²) in [5, 5.41) is 3.50. The van der Waals surface area contributed by atoms with Crippen molar-refractivity contribution in [2.24, 2.45) is 10.9 Å². The van der Waals surface area contributed by atoms with Gasteiger partial charge in [0, 0.05) is 0 Å². The second-order valence-electron chi connectivity index (χ2n) is 1.72. The number of alkyl halides is 3. The first-order valence-corrected chi connectivity index (χ1v) is 2.43. The lowest BCUT2D eigenvalue weighted by molar-refractivity contribution is -0.0595. The van der Waals surface area contributed by atoms with Crippen LogP contribution in [0.2, 0.25) is 0 Å². The third kappa shape index (κ3) is 1.36. The molecule has 7 heteroatoms. The third-order valence-corrected chi connectivity index (χ3v) is 0.964. The number of nitrogens with zero attached hydrogens (tertiary/aromatic N) is 2. The molecule has 0 saturated carbocycles. The maximum absolute atomic E-state index is 11.7. The standard InChI is InChI=1S/C3H5F3N4/c4-3(5,6)2-1-8-10(7)9-2/h8H,1,7H2. The Morgan fingerprint density at radius 1 is 1.60 bits per heavy atom. The highest BCUT2D eigenvalue weighted by Crippen LogP contribution is 2.18. The molecule has 0 atom stereocenters. The molecule has 10 heavy (non-hydrogen) atoms. The van der Waals surface area contributed by atoms with Crippen molar-refractivity contribution in [1.29, 1.82) is 0 Å². The number of hydrogen-bond donors (Lipinski definition) is 2. The van der Waals surface area contributed by atoms with E-state index in [1.54, 1.807) is 0 Å². The monoisotopic (exact) mass is 154 g/mol. The van der Waals surface area contributed by atoms with Gasteiger partial charge in [-0.2, -0.15) is 23.8 Å². The summed E-state index contributed by atoms with van der Waals surface area (Å²) in [6.07, 6.45) is -4.37. The van der Waals surface area contributed by atoms with Gasteiger partial charge >= 0.3 is 6.18 Å². The van der Waals surface area contributed by atoms with Crippen LogP contribution in [0.5, 0.6) is 0 Å². The van der Waals surface area contributed by atoms with Gasteiger partial charge < -0.3 is 0 Å². The van der Waals surface area contributed by atoms with E-state index in [1.807, 2.05) is 0 Å². The maximum atomic E-state index is 11.7. The number of halogens is 3. The van der Waals surface area contributed by atoms with Gasteiger partial charge in [0.25, 0.3) is 0 Å². The van der Waals surface area contributed by atoms with Crippen LogP contribution in [-0.2, 0) is 0 Å². The van der Waals surface area contributed by atoms with Crippen molar-refractivity contribution < 1.29 is 13.2 Å². The van der Waals surface area contributed by atoms with E-state index < -0.39 is 11.9 Å². The fraction of sp³-hybridized carbons (Fsp3) is 0.667. The topological polar surface area (TPSA) is 53.6 Å². The fourth-order valence-corrected chi connectivity index (χ4v) is 0.514. The molecule has 0 bridgehead atoms. The summed E-state index contributed by atoms with van der Waals surface area (Å²) in [5.41, 5.74) is 1.26. The summed E-state index contributed by atoms with van der Waals surface area (Å²) < 4.78 is 35.0. The van der Waals surface area contributed by atoms with Crippen molar-refractivity contribution >= 4 is 5.71 Å². The Hall–Kier alpha value is -0.820. The fourth-order valence-electron chi connectivity index (χ4n) is 0.514. The summed E-state index contributed by atoms with van der Waals surface area (Å²) in [5.74, 6) is 4.86. The average Bonchev–Trinajstić information content (AvgIpc) is 2.11. The smallest absolute Gasteiger partial charge is 0.215 e. The van der Waals surface area contributed by atoms with E-state index in [0.29, 0.717) is 5.23 Å². The predicted octanol–water partition coefficient (Wildman–Crippen LogP) is -0.401. The minimum Gasteiger partial charge on any atom is -0.215 e. The summed E-state index contributed by atoms with van der Waals surface area (Å²) in [6, 6.07) is 0. The number of hydrogen-bond acceptors (Lipinski definition) is 4. The molecular formula is C3H5F3N4. The molecule has 1 aliphatic rings. The predicted molar refractivity (Wildman–Crippen MR) is 27.5 cm³/mol. The molecule has 1 aliphatic heterocycles. The van der Waals surface area contributed by atoms with Gasteiger partial charge in [0.05, 0.1) is 6.54 Å². The molecule has 0 aromatic rings. The molecule has 0 radical (unpaired) electrons. The first-order chi connectivity index (χ1) is 4.50. The van der Waals surface area contributed by atoms with Gasteiger partial charge in [-0.15, -0.1) is 5.10 Å². The molecule has 0 amide bonds. The van der Waals surface area contributed by atoms with Gasteiger partial charge in [-0.05, 0) is 0 Å². The van der Waals surface area contributed by atoms with Crippen molar-refractivity contribution in [3.05, 3.63) is 0 Å². The molecule has 1 rings (SSSR count). The zero-order valence-electron chi connectivity index (χ0n) is 4.81. The van der Waals surface area contributed by atoms with Crippen molar-refractivity contribution in [3.8, 4) is 0 Å². The Kier molecular flexibility index (Phi) is 1.53. The van der Waals surface area contributed by atoms with Crippen LogP contribution in [0.4, 0.5) is 13.2 Å². The van der Waals surface area contributed by atoms with E-state index in [4.69, 9.17) is 5.84 Å². The van der Waals surface area contributed by atoms with Gasteiger partial charge in [0.15, 0.2) is 5.71 Å². The van der Waals surface area contributed by atoms with Crippen LogP contribution in [0.3, 0.4) is 0 Å². The Labute approximate surface area is 54.4 Å². The van der Waals surface area contributed by atoms with Crippen LogP contribution >= 0.6 is 0 Å². The summed E-state index contributed by atoms with van der Waals surface area (Å²) >= 11 is 0. The highest BCUT2D eigenvalue weighted by molar-refractivity contribution is 5.92. The van der Waals surface area contributed by atoms with Crippen molar-refractivity contribution in [1.82, 2.24) is 10.7 Å². The lowest BCUT2D eigenvalue weighted by Gasteiger charge is -2.01. The largest absolute Gasteiger partial charge is 0.432 e. The minimum atomic E-state index is -4.37. The molecule has 0 aromatic heterocycles. The zero-order valence-corrected chi connectivity index (χ0v) is 4.81. The normalized spacial score (nSPS) is 19.6. The van der Waals surface area contributed by atoms with E-state index in [0.717, 1.165) is 0 Å². The number of nitrogens with one attached hydrogen (secondary N) is 1. The molecule has 0 aromatic carbocycles. The van der Waals surface area contributed by atoms with Crippen molar-refractivity contribution in [2.75, 3.05) is 6.54 Å². The first-order valence-electron chi connectivity index (χ1n) is 2.43. The SMILES string of the molecule is NN1N=C(C(F)(F)F)CN1. The Bertz CT molecular complexity index is 162. The lowest BCUT2D eigenvalue weighted by Crippen LogP contribution is -2.35. The van der Waals surface area contributed by atoms with E-state index >= 15 is 0 Å². The highest BCUT2D eigenvalue weighted by atomic mass is 19.4. The Morgan fingerprint density at radius 3 is 2.40 bits per heavy atom. The van der Waals surface area contributed by atoms with E-state index in [2.05, 4.69) is 10.5 Å². The zero-order chi connectivity index (χ0) is 7.78. The van der Waals surface area contributed by atoms with Crippen LogP contribution in [0.1, 0.15) is 0 Å². The number of rotatable bonds is 0. The number of nitrogens with two attached hydrogens (primary N) is 1. The molecule has 0 saturated heterocycles. The minimum absolute atomic E-state index is 0.361. The van der Waals surface area contributed by atoms with Crippen LogP contribution in [0.15, 0.2) is 5.10 Å². The van der Waals surface area contributed by atoms with Gasteiger partial charge in [0.1, 0.15) is 0 Å². The lowest BCUT2D eigenvalue weighted by atomic mass is 10.4. The summed E-state index contributed by atoms with van der Waals surface area (Å²) in [6.45, 7) is -0.361. The number of hydrazone groups is 1. The van der Waals surface area contributed by atoms with Crippen molar-refractivity contribution in [2.45, 2.75) is 6.18 Å². The average molecular weight is 154 g/mol. The second kappa shape index (κ2) is 2.10. The Balaban J connectivity index is 2.67. The summed E-state index contributed by atoms with van der Waals surface area (Å²) in [4.78, 5) is 0. The quantitative estimate of drug-likeness (QED) is 0.467. The molecule has 4 nitrogen and oxygen atoms in total. The van der Waals surface area contributed by atoms with Gasteiger partial charge in [-0.25, -0.2) is 5.84 Å². The highest BCUT2D eigenvalue weighted by Gasteiger charge is 2.38. The van der Waals surface area contributed by atoms with Crippen LogP contribution in [0, 0.1) is 0 Å². The summed E-state index contributed by atoms with van der Waals surface area (Å²) in [7, 11) is 0. The second-order valence-corrected chi connectivity index (χ2v) is 1.72. The van der Waals surface area contributed by atoms with E-state index in [9.17, 15) is 13.2 Å². The molecule has 58 valence electrons. The van der Waals surface area contributed by atoms with Crippen LogP contribution in [-0.4, -0.2) is 23.7 Å². The van der Waals surface area contributed by atoms with Crippen LogP contribution < -0.4 is 11.3 Å². The first kappa shape index (κ1) is 7.29. The van der Waals surface area contributed by atoms with E-state index in [1.165, 1.54) is 0 Å². The molecule has 0 fully saturated rings.